The molecule has 1 aliphatic heterocycles. The van der Waals surface area contributed by atoms with E-state index >= 15 is 0 Å². The number of pyridine rings is 1. The van der Waals surface area contributed by atoms with Crippen molar-refractivity contribution in [1.29, 1.82) is 0 Å². The number of carboxylic acid groups (broad SMARTS) is 1. The predicted octanol–water partition coefficient (Wildman–Crippen LogP) is 2.89. The smallest absolute Gasteiger partial charge is 0.322 e. The molecule has 0 atom stereocenters. The summed E-state index contributed by atoms with van der Waals surface area (Å²) in [5.41, 5.74) is 2.52. The van der Waals surface area contributed by atoms with Gasteiger partial charge in [-0.15, -0.1) is 0 Å². The Hall–Kier alpha value is -4.08. The number of carbonyl (C=O) groups is 2. The van der Waals surface area contributed by atoms with Crippen LogP contribution in [0.1, 0.15) is 46.0 Å². The number of nitrogens with zero attached hydrogens (tertiary/aromatic N) is 4. The van der Waals surface area contributed by atoms with Gasteiger partial charge in [0.25, 0.3) is 5.91 Å². The van der Waals surface area contributed by atoms with Crippen molar-refractivity contribution in [3.8, 4) is 5.75 Å². The van der Waals surface area contributed by atoms with Gasteiger partial charge in [-0.25, -0.2) is 14.4 Å². The van der Waals surface area contributed by atoms with Crippen molar-refractivity contribution in [2.75, 3.05) is 24.5 Å². The van der Waals surface area contributed by atoms with Crippen LogP contribution in [0.3, 0.4) is 0 Å². The molecule has 0 bridgehead atoms. The van der Waals surface area contributed by atoms with Crippen molar-refractivity contribution in [2.45, 2.75) is 32.6 Å². The maximum atomic E-state index is 14.9. The van der Waals surface area contributed by atoms with E-state index in [0.717, 1.165) is 24.0 Å². The number of piperidine rings is 1. The Morgan fingerprint density at radius 3 is 2.61 bits per heavy atom. The molecular formula is C26H28FN5O4. The zero-order chi connectivity index (χ0) is 25.7. The molecule has 188 valence electrons. The highest BCUT2D eigenvalue weighted by Gasteiger charge is 2.24. The fraction of sp³-hybridized carbons (Fsp3) is 0.346. The van der Waals surface area contributed by atoms with E-state index in [2.05, 4.69) is 20.3 Å². The van der Waals surface area contributed by atoms with Crippen LogP contribution in [0.5, 0.6) is 5.75 Å². The summed E-state index contributed by atoms with van der Waals surface area (Å²) in [6.45, 7) is 2.34. The number of hydrogen-bond donors (Lipinski definition) is 3. The first-order valence-corrected chi connectivity index (χ1v) is 11.8. The van der Waals surface area contributed by atoms with Gasteiger partial charge in [0.1, 0.15) is 18.2 Å². The number of aliphatic carboxylic acids is 1. The molecule has 0 radical (unpaired) electrons. The summed E-state index contributed by atoms with van der Waals surface area (Å²) in [7, 11) is 0. The van der Waals surface area contributed by atoms with Crippen LogP contribution in [-0.4, -0.2) is 56.7 Å². The lowest BCUT2D eigenvalue weighted by atomic mass is 9.92. The quantitative estimate of drug-likeness (QED) is 0.437. The molecule has 0 aliphatic carbocycles. The number of nitrogens with one attached hydrogen (secondary N) is 1. The third kappa shape index (κ3) is 6.12. The molecule has 3 aromatic rings. The van der Waals surface area contributed by atoms with E-state index in [9.17, 15) is 19.1 Å². The van der Waals surface area contributed by atoms with Crippen molar-refractivity contribution in [1.82, 2.24) is 20.3 Å². The summed E-state index contributed by atoms with van der Waals surface area (Å²) < 4.78 is 14.9. The molecule has 3 N–H and O–H groups in total. The molecule has 0 saturated carbocycles. The van der Waals surface area contributed by atoms with E-state index in [1.807, 2.05) is 29.2 Å². The third-order valence-electron chi connectivity index (χ3n) is 6.29. The standard InChI is InChI=1S/C26H28FN5O4/c1-16-25(35)24(26(36)29-15-23(33)34)31-22(30-16)13-17-6-9-32(10-7-17)21-5-4-18(12-20(21)27)11-19-3-2-8-28-14-19/h2-5,8,12,14,17,35H,6-7,9-11,13,15H2,1H3,(H,29,36)(H,33,34). The largest absolute Gasteiger partial charge is 0.504 e. The topological polar surface area (TPSA) is 129 Å². The SMILES string of the molecule is Cc1nc(CC2CCN(c3ccc(Cc4cccnc4)cc3F)CC2)nc(C(=O)NCC(=O)O)c1O. The first-order chi connectivity index (χ1) is 17.3. The zero-order valence-corrected chi connectivity index (χ0v) is 19.9. The summed E-state index contributed by atoms with van der Waals surface area (Å²) in [6, 6.07) is 9.19. The van der Waals surface area contributed by atoms with Crippen molar-refractivity contribution in [3.05, 3.63) is 76.9 Å². The molecule has 1 amide bonds. The average molecular weight is 494 g/mol. The third-order valence-corrected chi connectivity index (χ3v) is 6.29. The van der Waals surface area contributed by atoms with Gasteiger partial charge in [0, 0.05) is 31.9 Å². The minimum Gasteiger partial charge on any atom is -0.504 e. The van der Waals surface area contributed by atoms with Gasteiger partial charge in [-0.2, -0.15) is 0 Å². The van der Waals surface area contributed by atoms with Crippen LogP contribution in [0.2, 0.25) is 0 Å². The Morgan fingerprint density at radius 2 is 1.94 bits per heavy atom. The van der Waals surface area contributed by atoms with Crippen molar-refractivity contribution in [2.24, 2.45) is 5.92 Å². The number of benzene rings is 1. The molecule has 10 heteroatoms. The highest BCUT2D eigenvalue weighted by Crippen LogP contribution is 2.29. The van der Waals surface area contributed by atoms with Gasteiger partial charge in [-0.1, -0.05) is 12.1 Å². The molecule has 36 heavy (non-hydrogen) atoms. The van der Waals surface area contributed by atoms with E-state index in [0.29, 0.717) is 37.4 Å². The van der Waals surface area contributed by atoms with Crippen molar-refractivity contribution >= 4 is 17.6 Å². The second-order valence-corrected chi connectivity index (χ2v) is 8.96. The van der Waals surface area contributed by atoms with Gasteiger partial charge in [0.05, 0.1) is 11.4 Å². The molecule has 4 rings (SSSR count). The molecular weight excluding hydrogens is 465 g/mol. The van der Waals surface area contributed by atoms with Crippen LogP contribution in [0.25, 0.3) is 0 Å². The zero-order valence-electron chi connectivity index (χ0n) is 19.9. The summed E-state index contributed by atoms with van der Waals surface area (Å²) in [4.78, 5) is 37.6. The molecule has 1 fully saturated rings. The Morgan fingerprint density at radius 1 is 1.17 bits per heavy atom. The highest BCUT2D eigenvalue weighted by molar-refractivity contribution is 5.96. The Bertz CT molecular complexity index is 1250. The summed E-state index contributed by atoms with van der Waals surface area (Å²) in [5.74, 6) is -1.93. The van der Waals surface area contributed by atoms with E-state index < -0.39 is 18.4 Å². The molecule has 9 nitrogen and oxygen atoms in total. The number of amides is 1. The first kappa shape index (κ1) is 25.0. The molecule has 1 aliphatic rings. The Kier molecular flexibility index (Phi) is 7.72. The number of rotatable bonds is 8. The summed E-state index contributed by atoms with van der Waals surface area (Å²) in [6.07, 6.45) is 6.20. The number of carbonyl (C=O) groups excluding carboxylic acids is 1. The first-order valence-electron chi connectivity index (χ1n) is 11.8. The summed E-state index contributed by atoms with van der Waals surface area (Å²) >= 11 is 0. The normalized spacial score (nSPS) is 14.0. The Balaban J connectivity index is 1.37. The number of aromatic hydroxyl groups is 1. The molecule has 0 unspecified atom stereocenters. The van der Waals surface area contributed by atoms with Crippen LogP contribution >= 0.6 is 0 Å². The number of halogens is 1. The number of aromatic nitrogens is 3. The van der Waals surface area contributed by atoms with Crippen LogP contribution in [-0.2, 0) is 17.6 Å². The lowest BCUT2D eigenvalue weighted by Crippen LogP contribution is -2.35. The molecule has 1 saturated heterocycles. The number of hydrogen-bond acceptors (Lipinski definition) is 7. The molecule has 1 aromatic carbocycles. The average Bonchev–Trinajstić information content (AvgIpc) is 2.86. The van der Waals surface area contributed by atoms with E-state index in [1.54, 1.807) is 25.4 Å². The second kappa shape index (κ2) is 11.1. The second-order valence-electron chi connectivity index (χ2n) is 8.96. The lowest BCUT2D eigenvalue weighted by molar-refractivity contribution is -0.135. The highest BCUT2D eigenvalue weighted by atomic mass is 19.1. The molecule has 0 spiro atoms. The summed E-state index contributed by atoms with van der Waals surface area (Å²) in [5, 5.41) is 21.1. The minimum absolute atomic E-state index is 0.230. The predicted molar refractivity (Wildman–Crippen MR) is 130 cm³/mol. The van der Waals surface area contributed by atoms with Gasteiger partial charge in [-0.05, 0) is 61.4 Å². The maximum absolute atomic E-state index is 14.9. The lowest BCUT2D eigenvalue weighted by Gasteiger charge is -2.33. The fourth-order valence-corrected chi connectivity index (χ4v) is 4.41. The molecule has 3 heterocycles. The van der Waals surface area contributed by atoms with E-state index in [-0.39, 0.29) is 28.9 Å². The van der Waals surface area contributed by atoms with Crippen molar-refractivity contribution in [3.63, 3.8) is 0 Å². The van der Waals surface area contributed by atoms with E-state index in [4.69, 9.17) is 5.11 Å². The van der Waals surface area contributed by atoms with Gasteiger partial charge in [0.2, 0.25) is 0 Å². The van der Waals surface area contributed by atoms with Gasteiger partial charge < -0.3 is 20.4 Å². The number of aryl methyl sites for hydroxylation is 1. The minimum atomic E-state index is -1.19. The number of carboxylic acids is 1. The number of anilines is 1. The Labute approximate surface area is 208 Å². The van der Waals surface area contributed by atoms with Gasteiger partial charge in [0.15, 0.2) is 11.4 Å². The van der Waals surface area contributed by atoms with Gasteiger partial charge >= 0.3 is 5.97 Å². The van der Waals surface area contributed by atoms with Crippen molar-refractivity contribution < 1.29 is 24.2 Å². The van der Waals surface area contributed by atoms with Crippen LogP contribution < -0.4 is 10.2 Å². The maximum Gasteiger partial charge on any atom is 0.322 e. The van der Waals surface area contributed by atoms with Crippen LogP contribution in [0, 0.1) is 18.7 Å². The fourth-order valence-electron chi connectivity index (χ4n) is 4.41. The van der Waals surface area contributed by atoms with E-state index in [1.165, 1.54) is 0 Å². The van der Waals surface area contributed by atoms with Gasteiger partial charge in [-0.3, -0.25) is 14.6 Å². The van der Waals surface area contributed by atoms with Crippen LogP contribution in [0.15, 0.2) is 42.7 Å². The van der Waals surface area contributed by atoms with Crippen LogP contribution in [0.4, 0.5) is 10.1 Å². The monoisotopic (exact) mass is 493 g/mol. The molecule has 2 aromatic heterocycles.